The average molecular weight is 274 g/mol. The quantitative estimate of drug-likeness (QED) is 0.358. The summed E-state index contributed by atoms with van der Waals surface area (Å²) in [6.45, 7) is 1.94. The normalized spacial score (nSPS) is 9.70. The van der Waals surface area contributed by atoms with E-state index in [1.165, 1.54) is 0 Å². The molecule has 0 aliphatic heterocycles. The number of carbonyl (C=O) groups excluding carboxylic acids is 2. The first-order valence-electron chi connectivity index (χ1n) is 6.48. The van der Waals surface area contributed by atoms with Crippen LogP contribution in [0.4, 0.5) is 0 Å². The maximum Gasteiger partial charge on any atom is 0.220 e. The number of ketones is 1. The molecule has 0 fully saturated rings. The predicted octanol–water partition coefficient (Wildman–Crippen LogP) is 2.77. The molecule has 0 saturated carbocycles. The Kier molecular flexibility index (Phi) is 6.26. The highest BCUT2D eigenvalue weighted by atomic mass is 16.1. The highest BCUT2D eigenvalue weighted by Gasteiger charge is 2.10. The van der Waals surface area contributed by atoms with Crippen LogP contribution in [0.15, 0.2) is 23.3 Å². The summed E-state index contributed by atoms with van der Waals surface area (Å²) in [7, 11) is 1.60. The van der Waals surface area contributed by atoms with Crippen molar-refractivity contribution < 1.29 is 9.59 Å². The first-order valence-corrected chi connectivity index (χ1v) is 6.48. The van der Waals surface area contributed by atoms with Gasteiger partial charge >= 0.3 is 0 Å². The largest absolute Gasteiger partial charge is 0.359 e. The standard InChI is InChI=1S/C14H18N4O2/c1-3-13(19)12-6-4-10(5-7-14(20)16-2)8-11(12)9-17-18-15/h4,6,8H,3,5,7,9H2,1-2H3,(H,16,20). The second-order valence-electron chi connectivity index (χ2n) is 4.33. The molecule has 0 aromatic heterocycles. The predicted molar refractivity (Wildman–Crippen MR) is 76.3 cm³/mol. The minimum Gasteiger partial charge on any atom is -0.359 e. The van der Waals surface area contributed by atoms with Gasteiger partial charge in [-0.1, -0.05) is 30.2 Å². The number of aryl methyl sites for hydroxylation is 1. The Bertz CT molecular complexity index is 548. The van der Waals surface area contributed by atoms with E-state index < -0.39 is 0 Å². The number of azide groups is 1. The van der Waals surface area contributed by atoms with Crippen LogP contribution in [0.3, 0.4) is 0 Å². The summed E-state index contributed by atoms with van der Waals surface area (Å²) in [6.07, 6.45) is 1.38. The number of Topliss-reactive ketones (excluding diaryl/α,β-unsaturated/α-hetero) is 1. The second-order valence-corrected chi connectivity index (χ2v) is 4.33. The van der Waals surface area contributed by atoms with Gasteiger partial charge in [-0.05, 0) is 23.1 Å². The number of hydrogen-bond donors (Lipinski definition) is 1. The van der Waals surface area contributed by atoms with Crippen molar-refractivity contribution in [2.45, 2.75) is 32.7 Å². The minimum atomic E-state index is -0.0321. The van der Waals surface area contributed by atoms with Crippen molar-refractivity contribution in [2.75, 3.05) is 7.05 Å². The molecule has 1 rings (SSSR count). The SMILES string of the molecule is CCC(=O)c1ccc(CCC(=O)NC)cc1CN=[N+]=[N-]. The summed E-state index contributed by atoms with van der Waals surface area (Å²) in [5, 5.41) is 6.08. The molecular weight excluding hydrogens is 256 g/mol. The van der Waals surface area contributed by atoms with Crippen LogP contribution in [0.2, 0.25) is 0 Å². The number of rotatable bonds is 7. The fourth-order valence-electron chi connectivity index (χ4n) is 1.89. The van der Waals surface area contributed by atoms with Crippen molar-refractivity contribution in [3.05, 3.63) is 45.3 Å². The summed E-state index contributed by atoms with van der Waals surface area (Å²) < 4.78 is 0. The van der Waals surface area contributed by atoms with Crippen LogP contribution < -0.4 is 5.32 Å². The Morgan fingerprint density at radius 2 is 2.15 bits per heavy atom. The average Bonchev–Trinajstić information content (AvgIpc) is 2.49. The fourth-order valence-corrected chi connectivity index (χ4v) is 1.89. The van der Waals surface area contributed by atoms with Crippen LogP contribution in [0, 0.1) is 0 Å². The third-order valence-corrected chi connectivity index (χ3v) is 3.02. The van der Waals surface area contributed by atoms with Crippen LogP contribution in [-0.2, 0) is 17.8 Å². The highest BCUT2D eigenvalue weighted by Crippen LogP contribution is 2.17. The number of carbonyl (C=O) groups is 2. The molecule has 106 valence electrons. The molecule has 20 heavy (non-hydrogen) atoms. The van der Waals surface area contributed by atoms with Crippen molar-refractivity contribution in [1.82, 2.24) is 5.32 Å². The summed E-state index contributed by atoms with van der Waals surface area (Å²) >= 11 is 0. The third-order valence-electron chi connectivity index (χ3n) is 3.02. The van der Waals surface area contributed by atoms with Crippen molar-refractivity contribution in [3.8, 4) is 0 Å². The van der Waals surface area contributed by atoms with Crippen molar-refractivity contribution in [1.29, 1.82) is 0 Å². The Balaban J connectivity index is 2.97. The Morgan fingerprint density at radius 1 is 1.40 bits per heavy atom. The van der Waals surface area contributed by atoms with Crippen LogP contribution in [-0.4, -0.2) is 18.7 Å². The van der Waals surface area contributed by atoms with Gasteiger partial charge in [-0.25, -0.2) is 0 Å². The van der Waals surface area contributed by atoms with E-state index in [0.717, 1.165) is 5.56 Å². The molecule has 0 heterocycles. The Morgan fingerprint density at radius 3 is 2.75 bits per heavy atom. The number of nitrogens with one attached hydrogen (secondary N) is 1. The van der Waals surface area contributed by atoms with Gasteiger partial charge in [0.15, 0.2) is 5.78 Å². The van der Waals surface area contributed by atoms with E-state index in [9.17, 15) is 9.59 Å². The number of amides is 1. The lowest BCUT2D eigenvalue weighted by atomic mass is 9.97. The van der Waals surface area contributed by atoms with Gasteiger partial charge in [0.2, 0.25) is 5.91 Å². The van der Waals surface area contributed by atoms with Gasteiger partial charge < -0.3 is 5.32 Å². The van der Waals surface area contributed by atoms with Crippen LogP contribution in [0.25, 0.3) is 10.4 Å². The molecule has 0 unspecified atom stereocenters. The highest BCUT2D eigenvalue weighted by molar-refractivity contribution is 5.97. The smallest absolute Gasteiger partial charge is 0.220 e. The van der Waals surface area contributed by atoms with E-state index in [-0.39, 0.29) is 18.2 Å². The van der Waals surface area contributed by atoms with E-state index in [1.807, 2.05) is 12.1 Å². The first kappa shape index (κ1) is 15.7. The number of nitrogens with zero attached hydrogens (tertiary/aromatic N) is 3. The Labute approximate surface area is 117 Å². The molecule has 0 atom stereocenters. The third kappa shape index (κ3) is 4.40. The summed E-state index contributed by atoms with van der Waals surface area (Å²) in [4.78, 5) is 25.8. The lowest BCUT2D eigenvalue weighted by Gasteiger charge is -2.09. The van der Waals surface area contributed by atoms with E-state index >= 15 is 0 Å². The number of benzene rings is 1. The van der Waals surface area contributed by atoms with Gasteiger partial charge in [-0.3, -0.25) is 9.59 Å². The molecule has 6 heteroatoms. The zero-order valence-electron chi connectivity index (χ0n) is 11.7. The van der Waals surface area contributed by atoms with E-state index in [2.05, 4.69) is 15.3 Å². The van der Waals surface area contributed by atoms with Gasteiger partial charge in [0.05, 0.1) is 6.54 Å². The molecule has 0 radical (unpaired) electrons. The summed E-state index contributed by atoms with van der Waals surface area (Å²) in [5.41, 5.74) is 10.7. The summed E-state index contributed by atoms with van der Waals surface area (Å²) in [5.74, 6) is -0.0127. The van der Waals surface area contributed by atoms with Gasteiger partial charge in [-0.15, -0.1) is 0 Å². The molecule has 1 N–H and O–H groups in total. The van der Waals surface area contributed by atoms with Crippen molar-refractivity contribution in [2.24, 2.45) is 5.11 Å². The molecule has 0 bridgehead atoms. The molecule has 0 aliphatic carbocycles. The van der Waals surface area contributed by atoms with E-state index in [1.54, 1.807) is 20.0 Å². The number of hydrogen-bond acceptors (Lipinski definition) is 3. The zero-order chi connectivity index (χ0) is 15.0. The monoisotopic (exact) mass is 274 g/mol. The maximum absolute atomic E-state index is 11.8. The molecule has 0 spiro atoms. The molecule has 1 amide bonds. The summed E-state index contributed by atoms with van der Waals surface area (Å²) in [6, 6.07) is 5.42. The van der Waals surface area contributed by atoms with Crippen molar-refractivity contribution >= 4 is 11.7 Å². The zero-order valence-corrected chi connectivity index (χ0v) is 11.7. The molecule has 1 aromatic carbocycles. The van der Waals surface area contributed by atoms with Gasteiger partial charge in [0.1, 0.15) is 0 Å². The van der Waals surface area contributed by atoms with Crippen LogP contribution >= 0.6 is 0 Å². The van der Waals surface area contributed by atoms with Gasteiger partial charge in [-0.2, -0.15) is 0 Å². The van der Waals surface area contributed by atoms with Crippen molar-refractivity contribution in [3.63, 3.8) is 0 Å². The first-order chi connectivity index (χ1) is 9.62. The van der Waals surface area contributed by atoms with E-state index in [0.29, 0.717) is 30.4 Å². The van der Waals surface area contributed by atoms with E-state index in [4.69, 9.17) is 5.53 Å². The topological polar surface area (TPSA) is 94.9 Å². The Hall–Kier alpha value is -2.33. The van der Waals surface area contributed by atoms with Gasteiger partial charge in [0.25, 0.3) is 0 Å². The van der Waals surface area contributed by atoms with Crippen LogP contribution in [0.5, 0.6) is 0 Å². The minimum absolute atomic E-state index is 0.0194. The molecule has 0 saturated heterocycles. The maximum atomic E-state index is 11.8. The molecule has 6 nitrogen and oxygen atoms in total. The van der Waals surface area contributed by atoms with Crippen LogP contribution in [0.1, 0.15) is 41.3 Å². The molecular formula is C14H18N4O2. The fraction of sp³-hybridized carbons (Fsp3) is 0.429. The second kappa shape index (κ2) is 7.96. The lowest BCUT2D eigenvalue weighted by molar-refractivity contribution is -0.120. The lowest BCUT2D eigenvalue weighted by Crippen LogP contribution is -2.18. The molecule has 1 aromatic rings. The molecule has 0 aliphatic rings. The van der Waals surface area contributed by atoms with Gasteiger partial charge in [0, 0.05) is 30.4 Å².